The van der Waals surface area contributed by atoms with Gasteiger partial charge in [-0.3, -0.25) is 0 Å². The number of amidine groups is 2. The Morgan fingerprint density at radius 3 is 1.33 bits per heavy atom. The number of hydrogen-bond acceptors (Lipinski definition) is 7. The molecular formula is C45H37N7. The van der Waals surface area contributed by atoms with E-state index < -0.39 is 6.17 Å². The van der Waals surface area contributed by atoms with Gasteiger partial charge in [0.1, 0.15) is 11.7 Å². The molecule has 0 bridgehead atoms. The van der Waals surface area contributed by atoms with Crippen LogP contribution in [-0.4, -0.2) is 31.6 Å². The second-order valence-electron chi connectivity index (χ2n) is 13.1. The minimum Gasteiger partial charge on any atom is -0.324 e. The molecular weight excluding hydrogens is 639 g/mol. The fourth-order valence-electron chi connectivity index (χ4n) is 6.55. The molecule has 1 aliphatic heterocycles. The predicted molar refractivity (Wildman–Crippen MR) is 210 cm³/mol. The first-order chi connectivity index (χ1) is 25.3. The molecule has 0 amide bonds. The minimum absolute atomic E-state index is 0.435. The Morgan fingerprint density at radius 2 is 0.788 bits per heavy atom. The molecule has 3 heterocycles. The maximum atomic E-state index is 5.19. The quantitative estimate of drug-likeness (QED) is 0.182. The highest BCUT2D eigenvalue weighted by Crippen LogP contribution is 2.31. The summed E-state index contributed by atoms with van der Waals surface area (Å²) in [6, 6.07) is 48.0. The Morgan fingerprint density at radius 1 is 0.365 bits per heavy atom. The minimum atomic E-state index is -0.435. The van der Waals surface area contributed by atoms with Crippen LogP contribution >= 0.6 is 0 Å². The van der Waals surface area contributed by atoms with Crippen molar-refractivity contribution in [2.45, 2.75) is 33.9 Å². The zero-order chi connectivity index (χ0) is 35.6. The van der Waals surface area contributed by atoms with Crippen LogP contribution in [0.1, 0.15) is 45.6 Å². The molecule has 0 radical (unpaired) electrons. The monoisotopic (exact) mass is 675 g/mol. The van der Waals surface area contributed by atoms with Crippen molar-refractivity contribution in [2.24, 2.45) is 9.98 Å². The normalized spacial score (nSPS) is 14.0. The van der Waals surface area contributed by atoms with Crippen LogP contribution in [-0.2, 0) is 0 Å². The molecule has 1 unspecified atom stereocenters. The first kappa shape index (κ1) is 32.6. The van der Waals surface area contributed by atoms with E-state index in [1.54, 1.807) is 0 Å². The van der Waals surface area contributed by atoms with E-state index in [4.69, 9.17) is 9.98 Å². The van der Waals surface area contributed by atoms with Crippen LogP contribution in [0.2, 0.25) is 0 Å². The van der Waals surface area contributed by atoms with Gasteiger partial charge in [-0.2, -0.15) is 0 Å². The molecule has 0 saturated carbocycles. The molecule has 2 aromatic heterocycles. The smallest absolute Gasteiger partial charge is 0.169 e. The third kappa shape index (κ3) is 7.02. The zero-order valence-electron chi connectivity index (χ0n) is 29.5. The number of aryl methyl sites for hydroxylation is 4. The van der Waals surface area contributed by atoms with Crippen molar-refractivity contribution in [1.82, 2.24) is 25.3 Å². The lowest BCUT2D eigenvalue weighted by atomic mass is 9.99. The summed E-state index contributed by atoms with van der Waals surface area (Å²) < 4.78 is 0. The first-order valence-electron chi connectivity index (χ1n) is 17.4. The van der Waals surface area contributed by atoms with Crippen LogP contribution in [0.5, 0.6) is 0 Å². The van der Waals surface area contributed by atoms with E-state index in [-0.39, 0.29) is 0 Å². The van der Waals surface area contributed by atoms with Crippen molar-refractivity contribution < 1.29 is 0 Å². The lowest BCUT2D eigenvalue weighted by Gasteiger charge is -2.23. The van der Waals surface area contributed by atoms with Gasteiger partial charge in [-0.05, 0) is 79.8 Å². The van der Waals surface area contributed by atoms with Crippen molar-refractivity contribution in [2.75, 3.05) is 0 Å². The van der Waals surface area contributed by atoms with E-state index in [0.29, 0.717) is 0 Å². The molecule has 7 heteroatoms. The van der Waals surface area contributed by atoms with Crippen LogP contribution in [0.4, 0.5) is 0 Å². The Labute approximate surface area is 304 Å². The van der Waals surface area contributed by atoms with Crippen LogP contribution in [0.15, 0.2) is 150 Å². The van der Waals surface area contributed by atoms with Gasteiger partial charge in [0, 0.05) is 45.0 Å². The molecule has 0 saturated heterocycles. The first-order valence-corrected chi connectivity index (χ1v) is 17.4. The topological polar surface area (TPSA) is 88.3 Å². The summed E-state index contributed by atoms with van der Waals surface area (Å²) in [5, 5.41) is 3.55. The molecule has 7 aromatic rings. The standard InChI is InChI=1S/C45H37N7/c1-28-24-29(2)47-41(46-28)35-20-16-32(17-21-35)37-12-8-14-39(26-37)44-50-43(34-10-6-5-7-11-34)51-45(52-44)40-15-9-13-38(27-40)33-18-22-36(23-19-33)42-48-30(3)25-31(4)49-42/h5-27,44H,1-4H3,(H,50,51,52). The molecule has 5 aromatic carbocycles. The number of hydrogen-bond donors (Lipinski definition) is 1. The van der Waals surface area contributed by atoms with E-state index >= 15 is 0 Å². The number of nitrogens with one attached hydrogen (secondary N) is 1. The molecule has 52 heavy (non-hydrogen) atoms. The van der Waals surface area contributed by atoms with E-state index in [1.165, 1.54) is 0 Å². The molecule has 0 fully saturated rings. The summed E-state index contributed by atoms with van der Waals surface area (Å²) in [5.74, 6) is 3.03. The predicted octanol–water partition coefficient (Wildman–Crippen LogP) is 9.66. The number of rotatable bonds is 7. The van der Waals surface area contributed by atoms with Gasteiger partial charge in [0.15, 0.2) is 17.8 Å². The number of benzene rings is 5. The number of aliphatic imine (C=N–C) groups is 2. The highest BCUT2D eigenvalue weighted by Gasteiger charge is 2.21. The summed E-state index contributed by atoms with van der Waals surface area (Å²) in [6.45, 7) is 7.99. The van der Waals surface area contributed by atoms with Crippen LogP contribution in [0, 0.1) is 27.7 Å². The molecule has 1 atom stereocenters. The molecule has 1 N–H and O–H groups in total. The fourth-order valence-corrected chi connectivity index (χ4v) is 6.55. The second-order valence-corrected chi connectivity index (χ2v) is 13.1. The maximum Gasteiger partial charge on any atom is 0.169 e. The third-order valence-corrected chi connectivity index (χ3v) is 9.03. The van der Waals surface area contributed by atoms with Crippen molar-refractivity contribution >= 4 is 11.7 Å². The molecule has 0 aliphatic carbocycles. The average Bonchev–Trinajstić information content (AvgIpc) is 3.17. The van der Waals surface area contributed by atoms with Gasteiger partial charge in [0.25, 0.3) is 0 Å². The van der Waals surface area contributed by atoms with Gasteiger partial charge in [-0.25, -0.2) is 29.9 Å². The molecule has 8 rings (SSSR count). The summed E-state index contributed by atoms with van der Waals surface area (Å²) in [7, 11) is 0. The third-order valence-electron chi connectivity index (χ3n) is 9.03. The molecule has 252 valence electrons. The summed E-state index contributed by atoms with van der Waals surface area (Å²) in [4.78, 5) is 28.9. The lowest BCUT2D eigenvalue weighted by Crippen LogP contribution is -2.36. The Bertz CT molecular complexity index is 2430. The van der Waals surface area contributed by atoms with Gasteiger partial charge in [-0.1, -0.05) is 115 Å². The van der Waals surface area contributed by atoms with Crippen molar-refractivity contribution in [3.05, 3.63) is 179 Å². The fraction of sp³-hybridized carbons (Fsp3) is 0.111. The average molecular weight is 676 g/mol. The highest BCUT2D eigenvalue weighted by molar-refractivity contribution is 6.16. The van der Waals surface area contributed by atoms with Gasteiger partial charge >= 0.3 is 0 Å². The Kier molecular flexibility index (Phi) is 8.75. The largest absolute Gasteiger partial charge is 0.324 e. The van der Waals surface area contributed by atoms with E-state index in [1.807, 2.05) is 58.0 Å². The summed E-state index contributed by atoms with van der Waals surface area (Å²) in [5.41, 5.74) is 13.2. The lowest BCUT2D eigenvalue weighted by molar-refractivity contribution is 0.756. The van der Waals surface area contributed by atoms with Gasteiger partial charge in [0.2, 0.25) is 0 Å². The zero-order valence-corrected chi connectivity index (χ0v) is 29.5. The van der Waals surface area contributed by atoms with E-state index in [2.05, 4.69) is 134 Å². The molecule has 1 aliphatic rings. The van der Waals surface area contributed by atoms with Crippen LogP contribution < -0.4 is 5.32 Å². The second kappa shape index (κ2) is 14.0. The highest BCUT2D eigenvalue weighted by atomic mass is 15.2. The summed E-state index contributed by atoms with van der Waals surface area (Å²) in [6.07, 6.45) is -0.435. The Balaban J connectivity index is 1.11. The molecule has 7 nitrogen and oxygen atoms in total. The van der Waals surface area contributed by atoms with E-state index in [9.17, 15) is 0 Å². The summed E-state index contributed by atoms with van der Waals surface area (Å²) >= 11 is 0. The van der Waals surface area contributed by atoms with Crippen molar-refractivity contribution in [3.63, 3.8) is 0 Å². The maximum absolute atomic E-state index is 5.19. The number of aromatic nitrogens is 4. The van der Waals surface area contributed by atoms with Gasteiger partial charge < -0.3 is 5.32 Å². The van der Waals surface area contributed by atoms with Gasteiger partial charge in [-0.15, -0.1) is 0 Å². The van der Waals surface area contributed by atoms with Crippen LogP contribution in [0.25, 0.3) is 45.0 Å². The number of nitrogens with zero attached hydrogens (tertiary/aromatic N) is 6. The van der Waals surface area contributed by atoms with Crippen LogP contribution in [0.3, 0.4) is 0 Å². The SMILES string of the molecule is Cc1cc(C)nc(-c2ccc(-c3cccc(C4=NC(c5cccc(-c6ccc(-c7nc(C)cc(C)n7)cc6)c5)N=C(c5ccccc5)N4)c3)cc2)n1. The van der Waals surface area contributed by atoms with Crippen molar-refractivity contribution in [1.29, 1.82) is 0 Å². The Hall–Kier alpha value is -6.60. The van der Waals surface area contributed by atoms with Gasteiger partial charge in [0.05, 0.1) is 0 Å². The molecule has 0 spiro atoms. The van der Waals surface area contributed by atoms with E-state index in [0.717, 1.165) is 96.2 Å². The van der Waals surface area contributed by atoms with Crippen molar-refractivity contribution in [3.8, 4) is 45.0 Å².